The van der Waals surface area contributed by atoms with Crippen molar-refractivity contribution in [2.24, 2.45) is 7.05 Å². The van der Waals surface area contributed by atoms with E-state index >= 15 is 0 Å². The summed E-state index contributed by atoms with van der Waals surface area (Å²) >= 11 is 11.9. The van der Waals surface area contributed by atoms with Gasteiger partial charge >= 0.3 is 5.97 Å². The quantitative estimate of drug-likeness (QED) is 0.852. The zero-order chi connectivity index (χ0) is 17.1. The molecule has 0 bridgehead atoms. The smallest absolute Gasteiger partial charge is 0.343 e. The molecule has 2 rings (SSSR count). The van der Waals surface area contributed by atoms with Gasteiger partial charge in [-0.05, 0) is 32.0 Å². The van der Waals surface area contributed by atoms with Crippen molar-refractivity contribution in [3.63, 3.8) is 0 Å². The van der Waals surface area contributed by atoms with Gasteiger partial charge < -0.3 is 10.1 Å². The Labute approximate surface area is 143 Å². The van der Waals surface area contributed by atoms with Crippen molar-refractivity contribution in [1.29, 1.82) is 0 Å². The van der Waals surface area contributed by atoms with Gasteiger partial charge in [0.25, 0.3) is 5.91 Å². The Balaban J connectivity index is 2.38. The molecule has 0 fully saturated rings. The Morgan fingerprint density at radius 3 is 2.70 bits per heavy atom. The summed E-state index contributed by atoms with van der Waals surface area (Å²) in [6.45, 7) is 3.59. The van der Waals surface area contributed by atoms with Crippen molar-refractivity contribution >= 4 is 40.9 Å². The summed E-state index contributed by atoms with van der Waals surface area (Å²) in [5, 5.41) is 7.42. The third kappa shape index (κ3) is 3.65. The third-order valence-electron chi connectivity index (χ3n) is 3.11. The molecule has 1 heterocycles. The number of carbonyl (C=O) groups excluding carboxylic acids is 2. The number of hydrogen-bond acceptors (Lipinski definition) is 4. The molecule has 0 aliphatic rings. The van der Waals surface area contributed by atoms with Crippen LogP contribution < -0.4 is 5.32 Å². The van der Waals surface area contributed by atoms with Crippen LogP contribution in [0.2, 0.25) is 10.0 Å². The zero-order valence-electron chi connectivity index (χ0n) is 12.8. The van der Waals surface area contributed by atoms with Crippen LogP contribution in [-0.2, 0) is 11.8 Å². The third-order valence-corrected chi connectivity index (χ3v) is 3.67. The molecule has 8 heteroatoms. The molecular weight excluding hydrogens is 341 g/mol. The fourth-order valence-corrected chi connectivity index (χ4v) is 2.47. The molecule has 0 unspecified atom stereocenters. The molecule has 0 atom stereocenters. The van der Waals surface area contributed by atoms with E-state index < -0.39 is 11.9 Å². The lowest BCUT2D eigenvalue weighted by Crippen LogP contribution is -2.18. The summed E-state index contributed by atoms with van der Waals surface area (Å²) in [6, 6.07) is 4.56. The highest BCUT2D eigenvalue weighted by atomic mass is 35.5. The number of nitrogens with one attached hydrogen (secondary N) is 1. The van der Waals surface area contributed by atoms with Gasteiger partial charge in [0.2, 0.25) is 0 Å². The second-order valence-corrected chi connectivity index (χ2v) is 5.58. The molecule has 0 saturated carbocycles. The lowest BCUT2D eigenvalue weighted by Gasteiger charge is -2.09. The van der Waals surface area contributed by atoms with Crippen LogP contribution in [0.15, 0.2) is 18.2 Å². The van der Waals surface area contributed by atoms with E-state index in [1.807, 2.05) is 0 Å². The SMILES string of the molecule is CCOC(=O)c1c(C)nn(C)c1NC(=O)c1cc(Cl)ccc1Cl. The molecule has 0 saturated heterocycles. The Morgan fingerprint density at radius 1 is 1.35 bits per heavy atom. The van der Waals surface area contributed by atoms with Crippen molar-refractivity contribution < 1.29 is 14.3 Å². The predicted molar refractivity (Wildman–Crippen MR) is 88.3 cm³/mol. The van der Waals surface area contributed by atoms with Crippen molar-refractivity contribution in [2.45, 2.75) is 13.8 Å². The molecule has 1 aromatic carbocycles. The molecule has 1 amide bonds. The standard InChI is InChI=1S/C15H15Cl2N3O3/c1-4-23-15(22)12-8(2)19-20(3)13(12)18-14(21)10-7-9(16)5-6-11(10)17/h5-7H,4H2,1-3H3,(H,18,21). The average Bonchev–Trinajstić information content (AvgIpc) is 2.76. The minimum absolute atomic E-state index is 0.202. The van der Waals surface area contributed by atoms with Gasteiger partial charge in [0, 0.05) is 12.1 Å². The normalized spacial score (nSPS) is 10.5. The lowest BCUT2D eigenvalue weighted by atomic mass is 10.2. The fourth-order valence-electron chi connectivity index (χ4n) is 2.10. The van der Waals surface area contributed by atoms with Crippen LogP contribution in [0.3, 0.4) is 0 Å². The summed E-state index contributed by atoms with van der Waals surface area (Å²) in [6.07, 6.45) is 0. The second kappa shape index (κ2) is 7.02. The van der Waals surface area contributed by atoms with E-state index in [0.717, 1.165) is 0 Å². The van der Waals surface area contributed by atoms with Gasteiger partial charge in [-0.3, -0.25) is 9.48 Å². The summed E-state index contributed by atoms with van der Waals surface area (Å²) in [7, 11) is 1.62. The summed E-state index contributed by atoms with van der Waals surface area (Å²) in [5.74, 6) is -0.807. The van der Waals surface area contributed by atoms with Crippen LogP contribution >= 0.6 is 23.2 Å². The molecule has 122 valence electrons. The van der Waals surface area contributed by atoms with Crippen LogP contribution in [0.4, 0.5) is 5.82 Å². The molecule has 1 aromatic heterocycles. The highest BCUT2D eigenvalue weighted by Crippen LogP contribution is 2.24. The number of rotatable bonds is 4. The number of esters is 1. The Hall–Kier alpha value is -2.05. The Morgan fingerprint density at radius 2 is 2.04 bits per heavy atom. The number of hydrogen-bond donors (Lipinski definition) is 1. The van der Waals surface area contributed by atoms with Crippen LogP contribution in [0.5, 0.6) is 0 Å². The van der Waals surface area contributed by atoms with E-state index in [4.69, 9.17) is 27.9 Å². The molecule has 6 nitrogen and oxygen atoms in total. The molecule has 2 aromatic rings. The van der Waals surface area contributed by atoms with Gasteiger partial charge in [-0.2, -0.15) is 5.10 Å². The van der Waals surface area contributed by atoms with Crippen molar-refractivity contribution in [3.05, 3.63) is 45.1 Å². The molecule has 23 heavy (non-hydrogen) atoms. The number of amides is 1. The first-order chi connectivity index (χ1) is 10.8. The predicted octanol–water partition coefficient (Wildman–Crippen LogP) is 3.46. The average molecular weight is 356 g/mol. The largest absolute Gasteiger partial charge is 0.462 e. The topological polar surface area (TPSA) is 73.2 Å². The van der Waals surface area contributed by atoms with E-state index in [1.165, 1.54) is 16.8 Å². The number of anilines is 1. The van der Waals surface area contributed by atoms with Crippen LogP contribution in [0, 0.1) is 6.92 Å². The number of benzene rings is 1. The van der Waals surface area contributed by atoms with Crippen LogP contribution in [0.25, 0.3) is 0 Å². The van der Waals surface area contributed by atoms with Crippen LogP contribution in [-0.4, -0.2) is 28.3 Å². The monoisotopic (exact) mass is 355 g/mol. The van der Waals surface area contributed by atoms with E-state index in [2.05, 4.69) is 10.4 Å². The molecule has 0 spiro atoms. The summed E-state index contributed by atoms with van der Waals surface area (Å²) < 4.78 is 6.40. The molecule has 0 aliphatic heterocycles. The molecule has 0 radical (unpaired) electrons. The van der Waals surface area contributed by atoms with Gasteiger partial charge in [0.15, 0.2) is 0 Å². The second-order valence-electron chi connectivity index (χ2n) is 4.73. The first kappa shape index (κ1) is 17.3. The molecular formula is C15H15Cl2N3O3. The molecule has 1 N–H and O–H groups in total. The first-order valence-corrected chi connectivity index (χ1v) is 7.57. The highest BCUT2D eigenvalue weighted by Gasteiger charge is 2.24. The number of aryl methyl sites for hydroxylation is 2. The van der Waals surface area contributed by atoms with Crippen molar-refractivity contribution in [2.75, 3.05) is 11.9 Å². The van der Waals surface area contributed by atoms with Gasteiger partial charge in [0.1, 0.15) is 11.4 Å². The number of carbonyl (C=O) groups is 2. The number of nitrogens with zero attached hydrogens (tertiary/aromatic N) is 2. The highest BCUT2D eigenvalue weighted by molar-refractivity contribution is 6.36. The summed E-state index contributed by atoms with van der Waals surface area (Å²) in [4.78, 5) is 24.5. The van der Waals surface area contributed by atoms with Crippen molar-refractivity contribution in [3.8, 4) is 0 Å². The minimum Gasteiger partial charge on any atom is -0.462 e. The van der Waals surface area contributed by atoms with Gasteiger partial charge in [-0.25, -0.2) is 4.79 Å². The van der Waals surface area contributed by atoms with E-state index in [-0.39, 0.29) is 28.6 Å². The number of aromatic nitrogens is 2. The summed E-state index contributed by atoms with van der Waals surface area (Å²) in [5.41, 5.74) is 0.868. The lowest BCUT2D eigenvalue weighted by molar-refractivity contribution is 0.0526. The maximum Gasteiger partial charge on any atom is 0.343 e. The Kier molecular flexibility index (Phi) is 5.28. The van der Waals surface area contributed by atoms with E-state index in [9.17, 15) is 9.59 Å². The van der Waals surface area contributed by atoms with E-state index in [0.29, 0.717) is 10.7 Å². The van der Waals surface area contributed by atoms with Gasteiger partial charge in [-0.15, -0.1) is 0 Å². The molecule has 0 aliphatic carbocycles. The number of ether oxygens (including phenoxy) is 1. The zero-order valence-corrected chi connectivity index (χ0v) is 14.3. The number of halogens is 2. The van der Waals surface area contributed by atoms with Crippen LogP contribution in [0.1, 0.15) is 33.3 Å². The van der Waals surface area contributed by atoms with Crippen molar-refractivity contribution in [1.82, 2.24) is 9.78 Å². The van der Waals surface area contributed by atoms with Gasteiger partial charge in [0.05, 0.1) is 22.9 Å². The fraction of sp³-hybridized carbons (Fsp3) is 0.267. The maximum atomic E-state index is 12.4. The minimum atomic E-state index is -0.550. The van der Waals surface area contributed by atoms with E-state index in [1.54, 1.807) is 27.0 Å². The first-order valence-electron chi connectivity index (χ1n) is 6.82. The maximum absolute atomic E-state index is 12.4. The Bertz CT molecular complexity index is 772. The van der Waals surface area contributed by atoms with Gasteiger partial charge in [-0.1, -0.05) is 23.2 Å².